The first-order chi connectivity index (χ1) is 34.2. The number of rotatable bonds is 10. The number of fused-ring (bicyclic) bond motifs is 6. The summed E-state index contributed by atoms with van der Waals surface area (Å²) in [6.45, 7) is 5.55. The van der Waals surface area contributed by atoms with E-state index >= 15 is 0 Å². The number of aliphatic hydroxyl groups excluding tert-OH is 7. The molecule has 8 N–H and O–H groups in total. The molecule has 6 heterocycles. The average molecular weight is 1030 g/mol. The van der Waals surface area contributed by atoms with Gasteiger partial charge in [-0.1, -0.05) is 51.2 Å². The molecule has 19 nitrogen and oxygen atoms in total. The van der Waals surface area contributed by atoms with Gasteiger partial charge < -0.3 is 83.5 Å². The van der Waals surface area contributed by atoms with Crippen LogP contribution in [-0.2, 0) is 52.2 Å². The minimum atomic E-state index is -2.00. The van der Waals surface area contributed by atoms with Crippen molar-refractivity contribution in [2.24, 2.45) is 17.8 Å². The van der Waals surface area contributed by atoms with E-state index in [0.29, 0.717) is 51.4 Å². The Morgan fingerprint density at radius 3 is 2.19 bits per heavy atom. The zero-order valence-corrected chi connectivity index (χ0v) is 43.2. The topological polar surface area (TPSA) is 279 Å². The maximum absolute atomic E-state index is 13.9. The van der Waals surface area contributed by atoms with E-state index < -0.39 is 133 Å². The van der Waals surface area contributed by atoms with Gasteiger partial charge in [0.2, 0.25) is 0 Å². The van der Waals surface area contributed by atoms with Crippen molar-refractivity contribution in [3.05, 3.63) is 36.5 Å². The molecule has 19 heteroatoms. The molecule has 6 aliphatic heterocycles. The number of ether oxygens (including phenoxy) is 9. The van der Waals surface area contributed by atoms with Crippen LogP contribution in [0.25, 0.3) is 0 Å². The number of carbonyl (C=O) groups is 2. The highest BCUT2D eigenvalue weighted by atomic mass is 16.8. The number of hydrogen-bond donors (Lipinski definition) is 8. The summed E-state index contributed by atoms with van der Waals surface area (Å²) in [6, 6.07) is 0. The first-order valence-electron chi connectivity index (χ1n) is 26.4. The fourth-order valence-electron chi connectivity index (χ4n) is 11.4. The molecular formula is C53H86O19. The summed E-state index contributed by atoms with van der Waals surface area (Å²) in [7, 11) is 4.19. The van der Waals surface area contributed by atoms with Crippen LogP contribution in [0.2, 0.25) is 0 Å². The normalized spacial score (nSPS) is 44.1. The Labute approximate surface area is 424 Å². The van der Waals surface area contributed by atoms with Crippen molar-refractivity contribution in [2.75, 3.05) is 21.3 Å². The van der Waals surface area contributed by atoms with E-state index in [1.54, 1.807) is 38.2 Å². The molecule has 16 unspecified atom stereocenters. The smallest absolute Gasteiger partial charge is 0.335 e. The van der Waals surface area contributed by atoms with E-state index in [1.165, 1.54) is 21.3 Å². The third-order valence-electron chi connectivity index (χ3n) is 16.0. The Morgan fingerprint density at radius 1 is 0.764 bits per heavy atom. The Morgan fingerprint density at radius 2 is 1.47 bits per heavy atom. The molecule has 0 aromatic heterocycles. The quantitative estimate of drug-likeness (QED) is 0.115. The van der Waals surface area contributed by atoms with Crippen LogP contribution in [0.3, 0.4) is 0 Å². The largest absolute Gasteiger partial charge is 0.467 e. The molecule has 6 aliphatic rings. The van der Waals surface area contributed by atoms with Gasteiger partial charge in [-0.05, 0) is 82.6 Å². The minimum absolute atomic E-state index is 0.0233. The number of methoxy groups -OCH3 is 3. The van der Waals surface area contributed by atoms with E-state index in [-0.39, 0.29) is 70.1 Å². The molecule has 0 aliphatic carbocycles. The van der Waals surface area contributed by atoms with Gasteiger partial charge in [0, 0.05) is 64.6 Å². The van der Waals surface area contributed by atoms with Crippen LogP contribution in [0.5, 0.6) is 0 Å². The Bertz CT molecular complexity index is 1800. The monoisotopic (exact) mass is 1030 g/mol. The van der Waals surface area contributed by atoms with E-state index in [9.17, 15) is 50.4 Å². The molecule has 21 atom stereocenters. The van der Waals surface area contributed by atoms with E-state index in [1.807, 2.05) is 19.1 Å². The van der Waals surface area contributed by atoms with Gasteiger partial charge in [-0.2, -0.15) is 0 Å². The molecule has 72 heavy (non-hydrogen) atoms. The van der Waals surface area contributed by atoms with Crippen LogP contribution in [0.4, 0.5) is 0 Å². The third kappa shape index (κ3) is 15.4. The Balaban J connectivity index is 1.25. The van der Waals surface area contributed by atoms with Gasteiger partial charge in [-0.15, -0.1) is 0 Å². The van der Waals surface area contributed by atoms with Crippen molar-refractivity contribution in [2.45, 2.75) is 245 Å². The fraction of sp³-hybridized carbons (Fsp3) is 0.849. The second-order valence-electron chi connectivity index (χ2n) is 21.6. The van der Waals surface area contributed by atoms with Crippen molar-refractivity contribution in [1.82, 2.24) is 0 Å². The van der Waals surface area contributed by atoms with Crippen LogP contribution in [0, 0.1) is 17.8 Å². The Hall–Kier alpha value is -2.44. The van der Waals surface area contributed by atoms with Crippen LogP contribution < -0.4 is 0 Å². The summed E-state index contributed by atoms with van der Waals surface area (Å²) in [5.41, 5.74) is 0. The highest BCUT2D eigenvalue weighted by molar-refractivity contribution is 5.74. The molecule has 6 rings (SSSR count). The lowest BCUT2D eigenvalue weighted by Crippen LogP contribution is -2.63. The third-order valence-corrected chi connectivity index (χ3v) is 16.0. The molecule has 0 aromatic rings. The summed E-state index contributed by atoms with van der Waals surface area (Å²) < 4.78 is 55.0. The lowest BCUT2D eigenvalue weighted by atomic mass is 9.80. The summed E-state index contributed by atoms with van der Waals surface area (Å²) in [4.78, 5) is 25.4. The van der Waals surface area contributed by atoms with Crippen molar-refractivity contribution in [3.63, 3.8) is 0 Å². The molecule has 0 radical (unpaired) electrons. The molecule has 0 aromatic carbocycles. The maximum atomic E-state index is 13.9. The van der Waals surface area contributed by atoms with Crippen molar-refractivity contribution >= 4 is 11.9 Å². The highest BCUT2D eigenvalue weighted by Crippen LogP contribution is 2.48. The van der Waals surface area contributed by atoms with Gasteiger partial charge in [0.1, 0.15) is 24.4 Å². The fourth-order valence-corrected chi connectivity index (χ4v) is 11.4. The molecule has 0 amide bonds. The van der Waals surface area contributed by atoms with E-state index in [4.69, 9.17) is 37.9 Å². The van der Waals surface area contributed by atoms with Crippen LogP contribution >= 0.6 is 0 Å². The van der Waals surface area contributed by atoms with Crippen molar-refractivity contribution in [3.8, 4) is 0 Å². The number of aliphatic hydroxyl groups is 8. The summed E-state index contributed by atoms with van der Waals surface area (Å²) in [5, 5.41) is 91.9. The zero-order valence-electron chi connectivity index (χ0n) is 43.2. The lowest BCUT2D eigenvalue weighted by molar-refractivity contribution is -0.423. The van der Waals surface area contributed by atoms with Gasteiger partial charge in [0.05, 0.1) is 74.6 Å². The number of carbonyl (C=O) groups excluding carboxylic acids is 2. The summed E-state index contributed by atoms with van der Waals surface area (Å²) in [5.74, 6) is -7.32. The van der Waals surface area contributed by atoms with E-state index in [2.05, 4.69) is 4.74 Å². The Kier molecular flexibility index (Phi) is 21.7. The second kappa shape index (κ2) is 26.6. The van der Waals surface area contributed by atoms with Gasteiger partial charge in [0.15, 0.2) is 23.5 Å². The number of esters is 2. The highest BCUT2D eigenvalue weighted by Gasteiger charge is 2.57. The molecular weight excluding hydrogens is 941 g/mol. The average Bonchev–Trinajstić information content (AvgIpc) is 3.34. The van der Waals surface area contributed by atoms with Crippen LogP contribution in [-0.4, -0.2) is 183 Å². The predicted molar refractivity (Wildman–Crippen MR) is 258 cm³/mol. The first-order valence-corrected chi connectivity index (χ1v) is 26.4. The lowest BCUT2D eigenvalue weighted by Gasteiger charge is -2.54. The van der Waals surface area contributed by atoms with Gasteiger partial charge in [-0.25, -0.2) is 4.79 Å². The van der Waals surface area contributed by atoms with E-state index in [0.717, 1.165) is 0 Å². The molecule has 5 saturated heterocycles. The minimum Gasteiger partial charge on any atom is -0.467 e. The maximum Gasteiger partial charge on any atom is 0.335 e. The second-order valence-corrected chi connectivity index (χ2v) is 21.6. The number of allylic oxidation sites excluding steroid dienone is 2. The van der Waals surface area contributed by atoms with Gasteiger partial charge >= 0.3 is 11.9 Å². The number of hydrogen-bond acceptors (Lipinski definition) is 19. The van der Waals surface area contributed by atoms with Gasteiger partial charge in [0.25, 0.3) is 0 Å². The molecule has 0 saturated carbocycles. The SMILES string of the molecule is COC(=O)C(O)C/C=C\C/C=C/CC(O)C1CC2(O)OC3(CCC2C)C[C@@H](OC)C(O)[C@@H](CCC(C)C(O)C(O)C2O[C@@]4(C=CC(C)[C@@H](CC(O)CC(O)CC5CCCC(CC(=O)O1)O5)O4)CC[C@@H]2OC)O3. The van der Waals surface area contributed by atoms with Crippen molar-refractivity contribution in [1.29, 1.82) is 0 Å². The summed E-state index contributed by atoms with van der Waals surface area (Å²) in [6.07, 6.45) is 0.838. The molecule has 2 spiro atoms. The molecule has 8 bridgehead atoms. The standard InChI is InChI=1S/C53H86O19/c1-31-19-22-51-24-21-41(64-4)49(71-51)48(61)46(59)32(2)17-18-40-47(60)44(65-5)29-52(69-40)23-20-33(3)53(63,72-52)30-43(38(56)15-10-8-7-9-11-16-39(57)50(62)66-6)68-45(58)28-37-14-12-13-36(67-37)26-34(54)25-35(55)27-42(31)70-51/h8-11,19,22,31-44,46-49,54-57,59-61,63H,7,12-18,20-21,23-30H2,1-6H3/b10-8+,11-9-/t31?,32?,33?,34?,35?,36?,37?,38?,39?,40-,41+,42-,43?,44-,46?,47?,48?,49?,51+,52?,53?/m1/s1. The van der Waals surface area contributed by atoms with Crippen LogP contribution in [0.1, 0.15) is 136 Å². The molecule has 412 valence electrons. The van der Waals surface area contributed by atoms with Crippen LogP contribution in [0.15, 0.2) is 36.5 Å². The zero-order chi connectivity index (χ0) is 52.4. The predicted octanol–water partition coefficient (Wildman–Crippen LogP) is 3.32. The molecule has 5 fully saturated rings. The summed E-state index contributed by atoms with van der Waals surface area (Å²) >= 11 is 0. The number of cyclic esters (lactones) is 1. The van der Waals surface area contributed by atoms with Crippen molar-refractivity contribution < 1.29 is 93.1 Å². The first kappa shape index (κ1) is 58.8. The van der Waals surface area contributed by atoms with Gasteiger partial charge in [-0.3, -0.25) is 4.79 Å².